The van der Waals surface area contributed by atoms with Gasteiger partial charge in [0.15, 0.2) is 5.82 Å². The van der Waals surface area contributed by atoms with Crippen LogP contribution in [0.3, 0.4) is 0 Å². The first-order valence-corrected chi connectivity index (χ1v) is 8.73. The fourth-order valence-electron chi connectivity index (χ4n) is 3.62. The molecule has 0 aliphatic carbocycles. The molecular weight excluding hydrogens is 330 g/mol. The summed E-state index contributed by atoms with van der Waals surface area (Å²) in [7, 11) is 1.59. The largest absolute Gasteiger partial charge is 0.481 e. The summed E-state index contributed by atoms with van der Waals surface area (Å²) in [5, 5.41) is 0. The summed E-state index contributed by atoms with van der Waals surface area (Å²) in [5.41, 5.74) is 9.10. The van der Waals surface area contributed by atoms with Crippen LogP contribution in [0.4, 0.5) is 4.79 Å². The van der Waals surface area contributed by atoms with Crippen molar-refractivity contribution in [3.8, 4) is 17.4 Å². The predicted molar refractivity (Wildman–Crippen MR) is 98.8 cm³/mol. The minimum absolute atomic E-state index is 0.0423. The third kappa shape index (κ3) is 2.85. The summed E-state index contributed by atoms with van der Waals surface area (Å²) in [6.45, 7) is 0.686. The number of methoxy groups -OCH3 is 1. The predicted octanol–water partition coefficient (Wildman–Crippen LogP) is 3.24. The summed E-state index contributed by atoms with van der Waals surface area (Å²) in [5.74, 6) is 1.21. The van der Waals surface area contributed by atoms with Crippen molar-refractivity contribution in [1.82, 2.24) is 19.9 Å². The maximum absolute atomic E-state index is 11.9. The van der Waals surface area contributed by atoms with Crippen LogP contribution >= 0.6 is 0 Å². The van der Waals surface area contributed by atoms with Crippen LogP contribution in [0.1, 0.15) is 30.9 Å². The molecule has 0 radical (unpaired) electrons. The quantitative estimate of drug-likeness (QED) is 0.757. The molecule has 26 heavy (non-hydrogen) atoms. The molecule has 0 bridgehead atoms. The molecule has 1 aliphatic rings. The lowest BCUT2D eigenvalue weighted by Crippen LogP contribution is -2.41. The number of amides is 2. The second kappa shape index (κ2) is 6.67. The van der Waals surface area contributed by atoms with Gasteiger partial charge in [0.25, 0.3) is 0 Å². The number of aromatic amines is 1. The van der Waals surface area contributed by atoms with Gasteiger partial charge in [-0.2, -0.15) is 0 Å². The number of carbonyl (C=O) groups is 1. The minimum Gasteiger partial charge on any atom is -0.481 e. The maximum atomic E-state index is 11.9. The molecule has 3 N–H and O–H groups in total. The second-order valence-electron chi connectivity index (χ2n) is 6.44. The van der Waals surface area contributed by atoms with Crippen LogP contribution in [0.2, 0.25) is 0 Å². The van der Waals surface area contributed by atoms with Crippen molar-refractivity contribution in [2.75, 3.05) is 13.7 Å². The van der Waals surface area contributed by atoms with E-state index in [1.807, 2.05) is 30.3 Å². The van der Waals surface area contributed by atoms with Gasteiger partial charge in [0.1, 0.15) is 5.69 Å². The molecule has 0 spiro atoms. The standard InChI is InChI=1S/C19H21N5O2/c1-26-16-10-5-8-14(21-16)18-22-13-7-4-6-12(17(13)23-18)15-9-2-3-11-24(15)19(20)25/h4-8,10,15H,2-3,9,11H2,1H3,(H2,20,25)(H,22,23). The number of hydrogen-bond acceptors (Lipinski definition) is 4. The molecule has 2 amide bonds. The normalized spacial score (nSPS) is 17.4. The smallest absolute Gasteiger partial charge is 0.315 e. The summed E-state index contributed by atoms with van der Waals surface area (Å²) in [6.07, 6.45) is 2.94. The molecule has 7 nitrogen and oxygen atoms in total. The van der Waals surface area contributed by atoms with Gasteiger partial charge in [-0.05, 0) is 31.4 Å². The third-order valence-corrected chi connectivity index (χ3v) is 4.86. The number of hydrogen-bond donors (Lipinski definition) is 2. The number of rotatable bonds is 3. The molecular formula is C19H21N5O2. The van der Waals surface area contributed by atoms with E-state index in [0.29, 0.717) is 23.9 Å². The van der Waals surface area contributed by atoms with Crippen LogP contribution < -0.4 is 10.5 Å². The van der Waals surface area contributed by atoms with E-state index in [1.54, 1.807) is 18.1 Å². The summed E-state index contributed by atoms with van der Waals surface area (Å²) in [6, 6.07) is 11.1. The zero-order valence-electron chi connectivity index (χ0n) is 14.6. The molecule has 1 atom stereocenters. The number of nitrogens with zero attached hydrogens (tertiary/aromatic N) is 3. The fourth-order valence-corrected chi connectivity index (χ4v) is 3.62. The Bertz CT molecular complexity index is 952. The topological polar surface area (TPSA) is 97.1 Å². The van der Waals surface area contributed by atoms with Crippen molar-refractivity contribution < 1.29 is 9.53 Å². The number of carbonyl (C=O) groups excluding carboxylic acids is 1. The lowest BCUT2D eigenvalue weighted by molar-refractivity contribution is 0.160. The Balaban J connectivity index is 1.79. The van der Waals surface area contributed by atoms with Crippen molar-refractivity contribution in [3.05, 3.63) is 42.0 Å². The molecule has 7 heteroatoms. The zero-order valence-corrected chi connectivity index (χ0v) is 14.6. The first-order chi connectivity index (χ1) is 12.7. The number of aromatic nitrogens is 3. The number of likely N-dealkylation sites (tertiary alicyclic amines) is 1. The highest BCUT2D eigenvalue weighted by Crippen LogP contribution is 2.35. The molecule has 3 aromatic rings. The van der Waals surface area contributed by atoms with Gasteiger partial charge < -0.3 is 20.4 Å². The number of H-pyrrole nitrogens is 1. The number of fused-ring (bicyclic) bond motifs is 1. The van der Waals surface area contributed by atoms with Gasteiger partial charge in [-0.3, -0.25) is 0 Å². The number of pyridine rings is 1. The van der Waals surface area contributed by atoms with Crippen molar-refractivity contribution in [3.63, 3.8) is 0 Å². The Labute approximate surface area is 151 Å². The number of benzene rings is 1. The van der Waals surface area contributed by atoms with E-state index in [2.05, 4.69) is 9.97 Å². The van der Waals surface area contributed by atoms with E-state index in [-0.39, 0.29) is 12.1 Å². The molecule has 1 unspecified atom stereocenters. The number of urea groups is 1. The van der Waals surface area contributed by atoms with Crippen LogP contribution in [0.15, 0.2) is 36.4 Å². The molecule has 0 saturated carbocycles. The van der Waals surface area contributed by atoms with Crippen LogP contribution in [0.5, 0.6) is 5.88 Å². The average Bonchev–Trinajstić information content (AvgIpc) is 3.12. The number of primary amides is 1. The number of para-hydroxylation sites is 1. The van der Waals surface area contributed by atoms with E-state index >= 15 is 0 Å². The number of nitrogens with one attached hydrogen (secondary N) is 1. The molecule has 1 saturated heterocycles. The summed E-state index contributed by atoms with van der Waals surface area (Å²) < 4.78 is 5.20. The number of imidazole rings is 1. The van der Waals surface area contributed by atoms with E-state index in [9.17, 15) is 4.79 Å². The van der Waals surface area contributed by atoms with Gasteiger partial charge in [-0.25, -0.2) is 14.8 Å². The Morgan fingerprint density at radius 1 is 1.23 bits per heavy atom. The number of nitrogens with two attached hydrogens (primary N) is 1. The molecule has 1 fully saturated rings. The highest BCUT2D eigenvalue weighted by atomic mass is 16.5. The lowest BCUT2D eigenvalue weighted by Gasteiger charge is -2.34. The molecule has 4 rings (SSSR count). The molecule has 1 aliphatic heterocycles. The van der Waals surface area contributed by atoms with Crippen LogP contribution in [-0.2, 0) is 0 Å². The van der Waals surface area contributed by atoms with E-state index in [1.165, 1.54) is 0 Å². The van der Waals surface area contributed by atoms with E-state index in [4.69, 9.17) is 15.5 Å². The Morgan fingerprint density at radius 2 is 2.08 bits per heavy atom. The summed E-state index contributed by atoms with van der Waals surface area (Å²) >= 11 is 0. The SMILES string of the molecule is COc1cccc(-c2nc3c(C4CCCCN4C(N)=O)cccc3[nH]2)n1. The van der Waals surface area contributed by atoms with Gasteiger partial charge in [0, 0.05) is 18.2 Å². The molecule has 1 aromatic carbocycles. The van der Waals surface area contributed by atoms with Crippen molar-refractivity contribution in [2.45, 2.75) is 25.3 Å². The van der Waals surface area contributed by atoms with Gasteiger partial charge >= 0.3 is 6.03 Å². The number of piperidine rings is 1. The van der Waals surface area contributed by atoms with Crippen molar-refractivity contribution in [2.24, 2.45) is 5.73 Å². The Morgan fingerprint density at radius 3 is 2.88 bits per heavy atom. The van der Waals surface area contributed by atoms with Crippen molar-refractivity contribution in [1.29, 1.82) is 0 Å². The maximum Gasteiger partial charge on any atom is 0.315 e. The van der Waals surface area contributed by atoms with Gasteiger partial charge in [-0.15, -0.1) is 0 Å². The Hall–Kier alpha value is -3.09. The second-order valence-corrected chi connectivity index (χ2v) is 6.44. The lowest BCUT2D eigenvalue weighted by atomic mass is 9.94. The zero-order chi connectivity index (χ0) is 18.1. The molecule has 2 aromatic heterocycles. The van der Waals surface area contributed by atoms with E-state index < -0.39 is 0 Å². The molecule has 134 valence electrons. The highest BCUT2D eigenvalue weighted by molar-refractivity contribution is 5.83. The van der Waals surface area contributed by atoms with Crippen LogP contribution in [-0.4, -0.2) is 39.5 Å². The highest BCUT2D eigenvalue weighted by Gasteiger charge is 2.28. The van der Waals surface area contributed by atoms with Crippen LogP contribution in [0, 0.1) is 0 Å². The van der Waals surface area contributed by atoms with Crippen LogP contribution in [0.25, 0.3) is 22.6 Å². The van der Waals surface area contributed by atoms with Crippen molar-refractivity contribution >= 4 is 17.1 Å². The fraction of sp³-hybridized carbons (Fsp3) is 0.316. The minimum atomic E-state index is -0.378. The third-order valence-electron chi connectivity index (χ3n) is 4.86. The molecule has 3 heterocycles. The first kappa shape index (κ1) is 16.4. The first-order valence-electron chi connectivity index (χ1n) is 8.73. The Kier molecular flexibility index (Phi) is 4.20. The van der Waals surface area contributed by atoms with E-state index in [0.717, 1.165) is 35.9 Å². The number of ether oxygens (including phenoxy) is 1. The monoisotopic (exact) mass is 351 g/mol. The summed E-state index contributed by atoms with van der Waals surface area (Å²) in [4.78, 5) is 26.2. The van der Waals surface area contributed by atoms with Gasteiger partial charge in [0.05, 0.1) is 24.2 Å². The van der Waals surface area contributed by atoms with Gasteiger partial charge in [0.2, 0.25) is 5.88 Å². The average molecular weight is 351 g/mol. The van der Waals surface area contributed by atoms with Gasteiger partial charge in [-0.1, -0.05) is 18.2 Å².